The Hall–Kier alpha value is -1.55. The molecule has 1 aliphatic rings. The molecule has 2 rings (SSSR count). The zero-order valence-corrected chi connectivity index (χ0v) is 13.3. The number of nitrogens with one attached hydrogen (secondary N) is 1. The van der Waals surface area contributed by atoms with E-state index in [1.54, 1.807) is 7.11 Å². The number of carbonyl (C=O) groups is 1. The number of esters is 1. The third kappa shape index (κ3) is 5.05. The van der Waals surface area contributed by atoms with Crippen molar-refractivity contribution in [1.82, 2.24) is 5.32 Å². The quantitative estimate of drug-likeness (QED) is 0.818. The molecule has 4 nitrogen and oxygen atoms in total. The Labute approximate surface area is 126 Å². The van der Waals surface area contributed by atoms with E-state index in [-0.39, 0.29) is 18.6 Å². The van der Waals surface area contributed by atoms with E-state index in [1.807, 2.05) is 32.9 Å². The highest BCUT2D eigenvalue weighted by Crippen LogP contribution is 2.41. The van der Waals surface area contributed by atoms with Crippen LogP contribution in [-0.2, 0) is 9.53 Å². The molecular weight excluding hydrogens is 266 g/mol. The summed E-state index contributed by atoms with van der Waals surface area (Å²) in [4.78, 5) is 11.8. The number of hydrogen-bond acceptors (Lipinski definition) is 4. The molecule has 116 valence electrons. The number of rotatable bonds is 6. The fourth-order valence-electron chi connectivity index (χ4n) is 2.37. The summed E-state index contributed by atoms with van der Waals surface area (Å²) in [7, 11) is 1.66. The summed E-state index contributed by atoms with van der Waals surface area (Å²) >= 11 is 0. The van der Waals surface area contributed by atoms with Gasteiger partial charge in [-0.1, -0.05) is 12.1 Å². The van der Waals surface area contributed by atoms with E-state index in [0.717, 1.165) is 5.75 Å². The Morgan fingerprint density at radius 1 is 1.29 bits per heavy atom. The van der Waals surface area contributed by atoms with Gasteiger partial charge in [-0.3, -0.25) is 10.1 Å². The second-order valence-electron chi connectivity index (χ2n) is 6.56. The Morgan fingerprint density at radius 3 is 2.38 bits per heavy atom. The van der Waals surface area contributed by atoms with Crippen molar-refractivity contribution in [3.63, 3.8) is 0 Å². The summed E-state index contributed by atoms with van der Waals surface area (Å²) in [6.45, 7) is 5.89. The van der Waals surface area contributed by atoms with Crippen molar-refractivity contribution in [2.45, 2.75) is 45.3 Å². The smallest absolute Gasteiger partial charge is 0.320 e. The van der Waals surface area contributed by atoms with Crippen molar-refractivity contribution >= 4 is 5.97 Å². The van der Waals surface area contributed by atoms with Crippen LogP contribution in [0.4, 0.5) is 0 Å². The first-order chi connectivity index (χ1) is 9.89. The maximum atomic E-state index is 11.8. The maximum Gasteiger partial charge on any atom is 0.320 e. The Kier molecular flexibility index (Phi) is 4.88. The highest BCUT2D eigenvalue weighted by atomic mass is 16.6. The third-order valence-corrected chi connectivity index (χ3v) is 3.45. The molecule has 0 heterocycles. The standard InChI is InChI=1S/C17H25NO3/c1-17(2,3)21-15(19)11-18-16(12-5-6-12)13-7-9-14(20-4)10-8-13/h7-10,12,16,18H,5-6,11H2,1-4H3. The average Bonchev–Trinajstić information content (AvgIpc) is 3.22. The van der Waals surface area contributed by atoms with Gasteiger partial charge in [0.15, 0.2) is 0 Å². The first-order valence-electron chi connectivity index (χ1n) is 7.48. The summed E-state index contributed by atoms with van der Waals surface area (Å²) in [6.07, 6.45) is 2.41. The summed E-state index contributed by atoms with van der Waals surface area (Å²) in [5.41, 5.74) is 0.760. The van der Waals surface area contributed by atoms with Gasteiger partial charge in [-0.05, 0) is 57.2 Å². The highest BCUT2D eigenvalue weighted by Gasteiger charge is 2.32. The minimum absolute atomic E-state index is 0.207. The molecule has 0 aliphatic heterocycles. The predicted octanol–water partition coefficient (Wildman–Crippen LogP) is 3.08. The molecular formula is C17H25NO3. The van der Waals surface area contributed by atoms with Crippen LogP contribution in [0, 0.1) is 5.92 Å². The van der Waals surface area contributed by atoms with Gasteiger partial charge in [-0.2, -0.15) is 0 Å². The molecule has 1 atom stereocenters. The molecule has 1 unspecified atom stereocenters. The second-order valence-corrected chi connectivity index (χ2v) is 6.56. The van der Waals surface area contributed by atoms with Crippen molar-refractivity contribution in [3.8, 4) is 5.75 Å². The lowest BCUT2D eigenvalue weighted by Crippen LogP contribution is -2.34. The summed E-state index contributed by atoms with van der Waals surface area (Å²) in [5, 5.41) is 3.34. The Morgan fingerprint density at radius 2 is 1.90 bits per heavy atom. The molecule has 0 spiro atoms. The molecule has 1 aliphatic carbocycles. The fourth-order valence-corrected chi connectivity index (χ4v) is 2.37. The van der Waals surface area contributed by atoms with Gasteiger partial charge < -0.3 is 9.47 Å². The molecule has 1 N–H and O–H groups in total. The fraction of sp³-hybridized carbons (Fsp3) is 0.588. The number of methoxy groups -OCH3 is 1. The van der Waals surface area contributed by atoms with Crippen LogP contribution in [0.15, 0.2) is 24.3 Å². The molecule has 1 fully saturated rings. The van der Waals surface area contributed by atoms with Crippen LogP contribution < -0.4 is 10.1 Å². The summed E-state index contributed by atoms with van der Waals surface area (Å²) in [6, 6.07) is 8.25. The minimum Gasteiger partial charge on any atom is -0.497 e. The van der Waals surface area contributed by atoms with Gasteiger partial charge in [0.25, 0.3) is 0 Å². The van der Waals surface area contributed by atoms with Crippen molar-refractivity contribution in [2.75, 3.05) is 13.7 Å². The molecule has 0 aromatic heterocycles. The Balaban J connectivity index is 1.94. The number of hydrogen-bond donors (Lipinski definition) is 1. The molecule has 1 aromatic rings. The normalized spacial score (nSPS) is 16.4. The molecule has 4 heteroatoms. The monoisotopic (exact) mass is 291 g/mol. The van der Waals surface area contributed by atoms with Crippen LogP contribution in [0.25, 0.3) is 0 Å². The van der Waals surface area contributed by atoms with Gasteiger partial charge in [0.2, 0.25) is 0 Å². The predicted molar refractivity (Wildman–Crippen MR) is 82.3 cm³/mol. The molecule has 0 bridgehead atoms. The van der Waals surface area contributed by atoms with Crippen LogP contribution in [0.2, 0.25) is 0 Å². The zero-order valence-electron chi connectivity index (χ0n) is 13.3. The van der Waals surface area contributed by atoms with E-state index >= 15 is 0 Å². The first kappa shape index (κ1) is 15.8. The van der Waals surface area contributed by atoms with Crippen LogP contribution in [0.3, 0.4) is 0 Å². The number of benzene rings is 1. The highest BCUT2D eigenvalue weighted by molar-refractivity contribution is 5.72. The van der Waals surface area contributed by atoms with Gasteiger partial charge in [0.1, 0.15) is 11.4 Å². The lowest BCUT2D eigenvalue weighted by atomic mass is 10.0. The average molecular weight is 291 g/mol. The van der Waals surface area contributed by atoms with E-state index < -0.39 is 5.60 Å². The lowest BCUT2D eigenvalue weighted by molar-refractivity contribution is -0.153. The first-order valence-corrected chi connectivity index (χ1v) is 7.48. The lowest BCUT2D eigenvalue weighted by Gasteiger charge is -2.22. The van der Waals surface area contributed by atoms with E-state index in [9.17, 15) is 4.79 Å². The van der Waals surface area contributed by atoms with Gasteiger partial charge in [-0.25, -0.2) is 0 Å². The van der Waals surface area contributed by atoms with Crippen LogP contribution in [0.1, 0.15) is 45.2 Å². The topological polar surface area (TPSA) is 47.6 Å². The molecule has 0 saturated heterocycles. The second kappa shape index (κ2) is 6.48. The third-order valence-electron chi connectivity index (χ3n) is 3.45. The zero-order chi connectivity index (χ0) is 15.5. The van der Waals surface area contributed by atoms with Crippen molar-refractivity contribution in [2.24, 2.45) is 5.92 Å². The van der Waals surface area contributed by atoms with Crippen LogP contribution in [0.5, 0.6) is 5.75 Å². The van der Waals surface area contributed by atoms with Crippen molar-refractivity contribution < 1.29 is 14.3 Å². The largest absolute Gasteiger partial charge is 0.497 e. The van der Waals surface area contributed by atoms with E-state index in [1.165, 1.54) is 18.4 Å². The van der Waals surface area contributed by atoms with E-state index in [2.05, 4.69) is 17.4 Å². The molecule has 0 radical (unpaired) electrons. The van der Waals surface area contributed by atoms with Crippen LogP contribution >= 0.6 is 0 Å². The van der Waals surface area contributed by atoms with Gasteiger partial charge in [0, 0.05) is 6.04 Å². The van der Waals surface area contributed by atoms with Gasteiger partial charge in [0.05, 0.1) is 13.7 Å². The Bertz CT molecular complexity index is 472. The van der Waals surface area contributed by atoms with E-state index in [4.69, 9.17) is 9.47 Å². The molecule has 0 amide bonds. The summed E-state index contributed by atoms with van der Waals surface area (Å²) < 4.78 is 10.5. The molecule has 1 saturated carbocycles. The minimum atomic E-state index is -0.437. The number of carbonyl (C=O) groups excluding carboxylic acids is 1. The van der Waals surface area contributed by atoms with Crippen molar-refractivity contribution in [3.05, 3.63) is 29.8 Å². The molecule has 21 heavy (non-hydrogen) atoms. The summed E-state index contributed by atoms with van der Waals surface area (Å²) in [5.74, 6) is 1.25. The van der Waals surface area contributed by atoms with Crippen molar-refractivity contribution in [1.29, 1.82) is 0 Å². The van der Waals surface area contributed by atoms with Gasteiger partial charge >= 0.3 is 5.97 Å². The number of ether oxygens (including phenoxy) is 2. The van der Waals surface area contributed by atoms with E-state index in [0.29, 0.717) is 5.92 Å². The SMILES string of the molecule is COc1ccc(C(NCC(=O)OC(C)(C)C)C2CC2)cc1. The molecule has 1 aromatic carbocycles. The maximum absolute atomic E-state index is 11.8. The van der Waals surface area contributed by atoms with Gasteiger partial charge in [-0.15, -0.1) is 0 Å². The van der Waals surface area contributed by atoms with Crippen LogP contribution in [-0.4, -0.2) is 25.2 Å².